The molecule has 0 aromatic heterocycles. The molecule has 0 heterocycles. The Kier molecular flexibility index (Phi) is 2.95. The second-order valence-corrected chi connectivity index (χ2v) is 5.06. The fraction of sp³-hybridized carbons (Fsp3) is 0.500. The van der Waals surface area contributed by atoms with E-state index in [0.717, 1.165) is 12.0 Å². The molecule has 3 atom stereocenters. The molecule has 84 valence electrons. The molecule has 2 heteroatoms. The Morgan fingerprint density at radius 1 is 1.44 bits per heavy atom. The van der Waals surface area contributed by atoms with Crippen molar-refractivity contribution in [3.05, 3.63) is 35.4 Å². The molecule has 0 aliphatic heterocycles. The van der Waals surface area contributed by atoms with Crippen LogP contribution in [0, 0.1) is 23.2 Å². The van der Waals surface area contributed by atoms with Gasteiger partial charge in [0.15, 0.2) is 0 Å². The Balaban J connectivity index is 2.35. The van der Waals surface area contributed by atoms with Crippen molar-refractivity contribution in [2.75, 3.05) is 5.88 Å². The van der Waals surface area contributed by atoms with Gasteiger partial charge in [0.2, 0.25) is 0 Å². The molecule has 0 radical (unpaired) electrons. The summed E-state index contributed by atoms with van der Waals surface area (Å²) in [5.41, 5.74) is 2.20. The van der Waals surface area contributed by atoms with Crippen LogP contribution in [0.25, 0.3) is 0 Å². The van der Waals surface area contributed by atoms with Crippen molar-refractivity contribution in [2.24, 2.45) is 11.8 Å². The van der Waals surface area contributed by atoms with Gasteiger partial charge in [-0.05, 0) is 34.9 Å². The minimum absolute atomic E-state index is 0.184. The molecule has 1 fully saturated rings. The van der Waals surface area contributed by atoms with Gasteiger partial charge in [0.25, 0.3) is 0 Å². The predicted molar refractivity (Wildman–Crippen MR) is 66.5 cm³/mol. The Morgan fingerprint density at radius 3 is 2.69 bits per heavy atom. The number of nitrogens with zero attached hydrogens (tertiary/aromatic N) is 1. The molecule has 0 bridgehead atoms. The fourth-order valence-corrected chi connectivity index (χ4v) is 3.56. The smallest absolute Gasteiger partial charge is 0.0991 e. The van der Waals surface area contributed by atoms with E-state index in [0.29, 0.717) is 17.7 Å². The number of benzene rings is 1. The summed E-state index contributed by atoms with van der Waals surface area (Å²) in [6.07, 6.45) is 1.16. The molecule has 1 aromatic rings. The van der Waals surface area contributed by atoms with Crippen LogP contribution in [0.15, 0.2) is 24.3 Å². The van der Waals surface area contributed by atoms with E-state index >= 15 is 0 Å². The van der Waals surface area contributed by atoms with Gasteiger partial charge >= 0.3 is 0 Å². The van der Waals surface area contributed by atoms with Crippen LogP contribution in [0.1, 0.15) is 31.4 Å². The summed E-state index contributed by atoms with van der Waals surface area (Å²) in [4.78, 5) is 0. The lowest BCUT2D eigenvalue weighted by molar-refractivity contribution is 0.641. The molecule has 1 aromatic carbocycles. The zero-order valence-electron chi connectivity index (χ0n) is 9.70. The van der Waals surface area contributed by atoms with Gasteiger partial charge in [0.1, 0.15) is 0 Å². The minimum Gasteiger partial charge on any atom is -0.192 e. The van der Waals surface area contributed by atoms with Crippen molar-refractivity contribution in [3.8, 4) is 6.07 Å². The lowest BCUT2D eigenvalue weighted by Gasteiger charge is -2.12. The van der Waals surface area contributed by atoms with Gasteiger partial charge in [-0.3, -0.25) is 0 Å². The van der Waals surface area contributed by atoms with Gasteiger partial charge in [-0.15, -0.1) is 11.6 Å². The first-order chi connectivity index (χ1) is 7.68. The molecule has 2 rings (SSSR count). The monoisotopic (exact) mass is 233 g/mol. The van der Waals surface area contributed by atoms with Gasteiger partial charge in [-0.2, -0.15) is 5.26 Å². The Hall–Kier alpha value is -1.00. The van der Waals surface area contributed by atoms with Crippen LogP contribution in [-0.2, 0) is 5.41 Å². The van der Waals surface area contributed by atoms with Gasteiger partial charge in [0.05, 0.1) is 11.6 Å². The molecule has 0 amide bonds. The summed E-state index contributed by atoms with van der Waals surface area (Å²) in [7, 11) is 0. The van der Waals surface area contributed by atoms with Crippen LogP contribution in [0.5, 0.6) is 0 Å². The first-order valence-corrected chi connectivity index (χ1v) is 6.28. The van der Waals surface area contributed by atoms with Crippen LogP contribution >= 0.6 is 11.6 Å². The lowest BCUT2D eigenvalue weighted by atomic mass is 9.92. The van der Waals surface area contributed by atoms with Gasteiger partial charge in [-0.25, -0.2) is 0 Å². The molecule has 1 nitrogen and oxygen atoms in total. The van der Waals surface area contributed by atoms with Crippen molar-refractivity contribution < 1.29 is 0 Å². The van der Waals surface area contributed by atoms with Crippen LogP contribution in [0.4, 0.5) is 0 Å². The number of hydrogen-bond donors (Lipinski definition) is 0. The van der Waals surface area contributed by atoms with Gasteiger partial charge in [-0.1, -0.05) is 32.4 Å². The molecule has 3 unspecified atom stereocenters. The summed E-state index contributed by atoms with van der Waals surface area (Å²) in [6.45, 7) is 4.48. The second-order valence-electron chi connectivity index (χ2n) is 4.75. The van der Waals surface area contributed by atoms with Crippen molar-refractivity contribution in [3.63, 3.8) is 0 Å². The molecule has 0 saturated heterocycles. The third-order valence-corrected chi connectivity index (χ3v) is 4.47. The second kappa shape index (κ2) is 4.11. The third-order valence-electron chi connectivity index (χ3n) is 4.14. The average molecular weight is 234 g/mol. The van der Waals surface area contributed by atoms with Crippen LogP contribution in [-0.4, -0.2) is 5.88 Å². The first-order valence-electron chi connectivity index (χ1n) is 5.75. The highest BCUT2D eigenvalue weighted by atomic mass is 35.5. The van der Waals surface area contributed by atoms with Crippen LogP contribution < -0.4 is 0 Å². The van der Waals surface area contributed by atoms with E-state index in [4.69, 9.17) is 16.9 Å². The highest BCUT2D eigenvalue weighted by Gasteiger charge is 2.59. The molecular formula is C14H16ClN. The molecule has 0 spiro atoms. The van der Waals surface area contributed by atoms with Crippen molar-refractivity contribution in [1.82, 2.24) is 0 Å². The minimum atomic E-state index is 0.184. The molecule has 16 heavy (non-hydrogen) atoms. The number of nitriles is 1. The molecule has 1 saturated carbocycles. The molecule has 1 aliphatic rings. The standard InChI is InChI=1S/C14H16ClN/c1-3-12-13(8-15)14(12,2)11-6-4-5-10(7-11)9-16/h4-7,12-13H,3,8H2,1-2H3. The molecule has 1 aliphatic carbocycles. The van der Waals surface area contributed by atoms with Crippen LogP contribution in [0.2, 0.25) is 0 Å². The average Bonchev–Trinajstić information content (AvgIpc) is 2.95. The lowest BCUT2D eigenvalue weighted by Crippen LogP contribution is -2.07. The van der Waals surface area contributed by atoms with Crippen molar-refractivity contribution in [1.29, 1.82) is 5.26 Å². The summed E-state index contributed by atoms with van der Waals surface area (Å²) < 4.78 is 0. The zero-order valence-corrected chi connectivity index (χ0v) is 10.5. The highest BCUT2D eigenvalue weighted by molar-refractivity contribution is 6.18. The van der Waals surface area contributed by atoms with E-state index in [1.807, 2.05) is 18.2 Å². The Morgan fingerprint density at radius 2 is 2.19 bits per heavy atom. The maximum Gasteiger partial charge on any atom is 0.0991 e. The van der Waals surface area contributed by atoms with Crippen LogP contribution in [0.3, 0.4) is 0 Å². The number of alkyl halides is 1. The fourth-order valence-electron chi connectivity index (χ4n) is 3.03. The predicted octanol–water partition coefficient (Wildman–Crippen LogP) is 3.71. The zero-order chi connectivity index (χ0) is 11.8. The van der Waals surface area contributed by atoms with E-state index in [1.165, 1.54) is 5.56 Å². The van der Waals surface area contributed by atoms with E-state index in [-0.39, 0.29) is 5.41 Å². The first kappa shape index (κ1) is 11.5. The van der Waals surface area contributed by atoms with E-state index < -0.39 is 0 Å². The van der Waals surface area contributed by atoms with Crippen molar-refractivity contribution >= 4 is 11.6 Å². The SMILES string of the molecule is CCC1C(CCl)C1(C)c1cccc(C#N)c1. The van der Waals surface area contributed by atoms with Crippen molar-refractivity contribution in [2.45, 2.75) is 25.7 Å². The molecule has 0 N–H and O–H groups in total. The quantitative estimate of drug-likeness (QED) is 0.731. The number of rotatable bonds is 3. The Labute approximate surface area is 102 Å². The summed E-state index contributed by atoms with van der Waals surface area (Å²) >= 11 is 6.02. The van der Waals surface area contributed by atoms with E-state index in [2.05, 4.69) is 26.0 Å². The number of hydrogen-bond acceptors (Lipinski definition) is 1. The number of halogens is 1. The maximum absolute atomic E-state index is 8.92. The largest absolute Gasteiger partial charge is 0.192 e. The summed E-state index contributed by atoms with van der Waals surface area (Å²) in [6, 6.07) is 10.2. The summed E-state index contributed by atoms with van der Waals surface area (Å²) in [5.74, 6) is 1.94. The normalized spacial score (nSPS) is 32.1. The van der Waals surface area contributed by atoms with Gasteiger partial charge in [0, 0.05) is 5.88 Å². The van der Waals surface area contributed by atoms with E-state index in [9.17, 15) is 0 Å². The van der Waals surface area contributed by atoms with E-state index in [1.54, 1.807) is 0 Å². The topological polar surface area (TPSA) is 23.8 Å². The van der Waals surface area contributed by atoms with Gasteiger partial charge < -0.3 is 0 Å². The highest BCUT2D eigenvalue weighted by Crippen LogP contribution is 2.61. The maximum atomic E-state index is 8.92. The third kappa shape index (κ3) is 1.53. The Bertz CT molecular complexity index is 423. The molecular weight excluding hydrogens is 218 g/mol. The summed E-state index contributed by atoms with van der Waals surface area (Å²) in [5, 5.41) is 8.92.